The summed E-state index contributed by atoms with van der Waals surface area (Å²) in [4.78, 5) is 24.0. The van der Waals surface area contributed by atoms with Crippen LogP contribution in [0.3, 0.4) is 0 Å². The number of nitrogens with one attached hydrogen (secondary N) is 1. The molecule has 3 aromatic rings. The predicted octanol–water partition coefficient (Wildman–Crippen LogP) is 5.40. The van der Waals surface area contributed by atoms with Crippen LogP contribution in [0.5, 0.6) is 0 Å². The van der Waals surface area contributed by atoms with Gasteiger partial charge in [-0.2, -0.15) is 4.98 Å². The molecule has 0 atom stereocenters. The van der Waals surface area contributed by atoms with Crippen molar-refractivity contribution in [3.8, 4) is 11.1 Å². The summed E-state index contributed by atoms with van der Waals surface area (Å²) in [6.07, 6.45) is 9.00. The molecule has 2 aromatic heterocycles. The van der Waals surface area contributed by atoms with E-state index in [1.165, 1.54) is 19.3 Å². The minimum absolute atomic E-state index is 0.0293. The van der Waals surface area contributed by atoms with E-state index in [4.69, 9.17) is 21.3 Å². The fourth-order valence-electron chi connectivity index (χ4n) is 7.42. The van der Waals surface area contributed by atoms with Gasteiger partial charge in [-0.05, 0) is 74.8 Å². The van der Waals surface area contributed by atoms with Crippen molar-refractivity contribution in [3.05, 3.63) is 51.4 Å². The third-order valence-electron chi connectivity index (χ3n) is 8.39. The largest absolute Gasteiger partial charge is 0.383 e. The molecule has 2 heterocycles. The molecule has 0 saturated heterocycles. The molecule has 178 valence electrons. The van der Waals surface area contributed by atoms with Crippen LogP contribution in [0.4, 0.5) is 5.95 Å². The summed E-state index contributed by atoms with van der Waals surface area (Å²) in [6.45, 7) is 3.17. The zero-order chi connectivity index (χ0) is 23.4. The van der Waals surface area contributed by atoms with E-state index in [9.17, 15) is 4.79 Å². The second-order valence-electron chi connectivity index (χ2n) is 10.6. The Labute approximate surface area is 204 Å². The van der Waals surface area contributed by atoms with Crippen molar-refractivity contribution in [1.29, 1.82) is 0 Å². The summed E-state index contributed by atoms with van der Waals surface area (Å²) in [7, 11) is 1.67. The van der Waals surface area contributed by atoms with E-state index in [0.717, 1.165) is 41.4 Å². The Morgan fingerprint density at radius 2 is 1.82 bits per heavy atom. The molecule has 34 heavy (non-hydrogen) atoms. The molecule has 4 aliphatic carbocycles. The highest BCUT2D eigenvalue weighted by atomic mass is 35.5. The van der Waals surface area contributed by atoms with Crippen LogP contribution in [-0.4, -0.2) is 34.8 Å². The molecule has 0 amide bonds. The van der Waals surface area contributed by atoms with Gasteiger partial charge in [-0.3, -0.25) is 9.36 Å². The topological polar surface area (TPSA) is 69.0 Å². The lowest BCUT2D eigenvalue weighted by Gasteiger charge is -2.57. The van der Waals surface area contributed by atoms with E-state index < -0.39 is 0 Å². The van der Waals surface area contributed by atoms with Crippen LogP contribution >= 0.6 is 11.6 Å². The number of aryl methyl sites for hydroxylation is 1. The average Bonchev–Trinajstić information content (AvgIpc) is 2.79. The number of hydrogen-bond donors (Lipinski definition) is 1. The van der Waals surface area contributed by atoms with Crippen LogP contribution in [0.1, 0.15) is 44.1 Å². The minimum atomic E-state index is -0.175. The highest BCUT2D eigenvalue weighted by molar-refractivity contribution is 6.33. The van der Waals surface area contributed by atoms with Crippen LogP contribution in [0.25, 0.3) is 22.2 Å². The molecular formula is C27H31ClN4O2. The molecule has 0 unspecified atom stereocenters. The highest BCUT2D eigenvalue weighted by Gasteiger charge is 2.53. The zero-order valence-electron chi connectivity index (χ0n) is 19.8. The summed E-state index contributed by atoms with van der Waals surface area (Å²) in [5.41, 5.74) is 2.95. The summed E-state index contributed by atoms with van der Waals surface area (Å²) in [5, 5.41) is 4.76. The van der Waals surface area contributed by atoms with Gasteiger partial charge in [0.2, 0.25) is 5.95 Å². The van der Waals surface area contributed by atoms with Crippen molar-refractivity contribution >= 4 is 28.6 Å². The minimum Gasteiger partial charge on any atom is -0.383 e. The number of fused-ring (bicyclic) bond motifs is 1. The van der Waals surface area contributed by atoms with Gasteiger partial charge in [0, 0.05) is 35.8 Å². The van der Waals surface area contributed by atoms with E-state index in [1.54, 1.807) is 7.11 Å². The van der Waals surface area contributed by atoms with E-state index in [0.29, 0.717) is 47.4 Å². The molecule has 1 N–H and O–H groups in total. The fourth-order valence-corrected chi connectivity index (χ4v) is 7.65. The summed E-state index contributed by atoms with van der Waals surface area (Å²) in [6, 6.07) is 7.65. The van der Waals surface area contributed by atoms with Gasteiger partial charge in [0.05, 0.1) is 17.7 Å². The summed E-state index contributed by atoms with van der Waals surface area (Å²) < 4.78 is 7.24. The van der Waals surface area contributed by atoms with Crippen LogP contribution < -0.4 is 10.9 Å². The van der Waals surface area contributed by atoms with E-state index in [-0.39, 0.29) is 11.1 Å². The van der Waals surface area contributed by atoms with Crippen molar-refractivity contribution in [3.63, 3.8) is 0 Å². The van der Waals surface area contributed by atoms with Gasteiger partial charge < -0.3 is 10.1 Å². The van der Waals surface area contributed by atoms with Crippen molar-refractivity contribution in [2.45, 2.75) is 51.0 Å². The van der Waals surface area contributed by atoms with E-state index >= 15 is 0 Å². The molecule has 0 radical (unpaired) electrons. The second-order valence-corrected chi connectivity index (χ2v) is 11.0. The SMILES string of the molecule is COCCNc1ncc2c(C)c(-c3ccccc3Cl)c(=O)n(C34CC5CC(CC(C5)C3)C4)c2n1. The third-order valence-corrected chi connectivity index (χ3v) is 8.72. The first-order valence-corrected chi connectivity index (χ1v) is 12.8. The van der Waals surface area contributed by atoms with Gasteiger partial charge in [-0.15, -0.1) is 0 Å². The molecule has 0 spiro atoms. The normalized spacial score (nSPS) is 27.4. The van der Waals surface area contributed by atoms with E-state index in [1.807, 2.05) is 37.4 Å². The number of rotatable bonds is 6. The lowest BCUT2D eigenvalue weighted by Crippen LogP contribution is -2.55. The van der Waals surface area contributed by atoms with E-state index in [2.05, 4.69) is 14.9 Å². The number of aromatic nitrogens is 3. The second kappa shape index (κ2) is 8.35. The quantitative estimate of drug-likeness (QED) is 0.480. The molecule has 4 fully saturated rings. The average molecular weight is 479 g/mol. The van der Waals surface area contributed by atoms with Gasteiger partial charge in [0.15, 0.2) is 0 Å². The van der Waals surface area contributed by atoms with Crippen LogP contribution in [0, 0.1) is 24.7 Å². The fraction of sp³-hybridized carbons (Fsp3) is 0.519. The van der Waals surface area contributed by atoms with Crippen LogP contribution in [0.15, 0.2) is 35.3 Å². The Bertz CT molecular complexity index is 1280. The Morgan fingerprint density at radius 1 is 1.15 bits per heavy atom. The maximum atomic E-state index is 14.4. The molecule has 1 aromatic carbocycles. The predicted molar refractivity (Wildman–Crippen MR) is 135 cm³/mol. The smallest absolute Gasteiger partial charge is 0.260 e. The summed E-state index contributed by atoms with van der Waals surface area (Å²) in [5.74, 6) is 2.66. The first kappa shape index (κ1) is 22.1. The lowest BCUT2D eigenvalue weighted by molar-refractivity contribution is -0.0426. The number of anilines is 1. The van der Waals surface area contributed by atoms with Gasteiger partial charge >= 0.3 is 0 Å². The summed E-state index contributed by atoms with van der Waals surface area (Å²) >= 11 is 6.62. The van der Waals surface area contributed by atoms with Gasteiger partial charge in [-0.1, -0.05) is 29.8 Å². The Hall–Kier alpha value is -2.44. The lowest BCUT2D eigenvalue weighted by atomic mass is 9.53. The maximum absolute atomic E-state index is 14.4. The molecule has 6 nitrogen and oxygen atoms in total. The molecular weight excluding hydrogens is 448 g/mol. The van der Waals surface area contributed by atoms with Crippen molar-refractivity contribution in [1.82, 2.24) is 14.5 Å². The Kier molecular flexibility index (Phi) is 5.41. The maximum Gasteiger partial charge on any atom is 0.260 e. The zero-order valence-corrected chi connectivity index (χ0v) is 20.6. The molecule has 4 saturated carbocycles. The molecule has 7 heteroatoms. The molecule has 4 bridgehead atoms. The molecule has 4 aliphatic rings. The number of halogens is 1. The number of ether oxygens (including phenoxy) is 1. The number of nitrogens with zero attached hydrogens (tertiary/aromatic N) is 3. The molecule has 7 rings (SSSR count). The third kappa shape index (κ3) is 3.45. The number of benzene rings is 1. The Morgan fingerprint density at radius 3 is 2.47 bits per heavy atom. The molecule has 0 aliphatic heterocycles. The Balaban J connectivity index is 1.61. The number of hydrogen-bond acceptors (Lipinski definition) is 5. The first-order valence-electron chi connectivity index (χ1n) is 12.4. The van der Waals surface area contributed by atoms with Gasteiger partial charge in [0.25, 0.3) is 5.56 Å². The number of pyridine rings is 1. The van der Waals surface area contributed by atoms with Gasteiger partial charge in [-0.25, -0.2) is 4.98 Å². The highest BCUT2D eigenvalue weighted by Crippen LogP contribution is 2.59. The number of methoxy groups -OCH3 is 1. The first-order chi connectivity index (χ1) is 16.5. The van der Waals surface area contributed by atoms with Crippen LogP contribution in [-0.2, 0) is 10.3 Å². The van der Waals surface area contributed by atoms with Crippen molar-refractivity contribution < 1.29 is 4.74 Å². The van der Waals surface area contributed by atoms with Crippen LogP contribution in [0.2, 0.25) is 5.02 Å². The van der Waals surface area contributed by atoms with Crippen molar-refractivity contribution in [2.75, 3.05) is 25.6 Å². The van der Waals surface area contributed by atoms with Gasteiger partial charge in [0.1, 0.15) is 5.65 Å². The standard InChI is InChI=1S/C27H31ClN4O2/c1-16-21-15-30-26(29-7-8-34-2)31-24(21)32(25(33)23(16)20-5-3-4-6-22(20)28)27-12-17-9-18(13-27)11-19(10-17)14-27/h3-6,15,17-19H,7-14H2,1-2H3,(H,29,30,31). The van der Waals surface area contributed by atoms with Crippen molar-refractivity contribution in [2.24, 2.45) is 17.8 Å². The monoisotopic (exact) mass is 478 g/mol.